The van der Waals surface area contributed by atoms with Crippen molar-refractivity contribution in [2.45, 2.75) is 19.4 Å². The molecular weight excluding hydrogens is 276 g/mol. The van der Waals surface area contributed by atoms with Crippen molar-refractivity contribution < 1.29 is 9.90 Å². The van der Waals surface area contributed by atoms with Gasteiger partial charge in [-0.3, -0.25) is 14.7 Å². The Bertz CT molecular complexity index is 640. The molecule has 1 aliphatic heterocycles. The highest BCUT2D eigenvalue weighted by Gasteiger charge is 2.38. The summed E-state index contributed by atoms with van der Waals surface area (Å²) in [7, 11) is 0. The van der Waals surface area contributed by atoms with E-state index in [-0.39, 0.29) is 11.8 Å². The third kappa shape index (κ3) is 3.17. The minimum Gasteiger partial charge on any atom is -0.481 e. The van der Waals surface area contributed by atoms with Gasteiger partial charge in [0.15, 0.2) is 0 Å². The summed E-state index contributed by atoms with van der Waals surface area (Å²) >= 11 is 0. The normalized spacial score (nSPS) is 21.9. The summed E-state index contributed by atoms with van der Waals surface area (Å²) in [4.78, 5) is 18.1. The fraction of sp³-hybridized carbons (Fsp3) is 0.333. The van der Waals surface area contributed by atoms with Crippen molar-refractivity contribution in [3.63, 3.8) is 0 Å². The van der Waals surface area contributed by atoms with Gasteiger partial charge in [0.1, 0.15) is 0 Å². The molecule has 1 fully saturated rings. The maximum absolute atomic E-state index is 11.6. The number of carboxylic acid groups (broad SMARTS) is 1. The molecule has 0 unspecified atom stereocenters. The number of hydrogen-bond acceptors (Lipinski definition) is 3. The summed E-state index contributed by atoms with van der Waals surface area (Å²) in [5, 5.41) is 9.54. The van der Waals surface area contributed by atoms with Crippen LogP contribution in [0.5, 0.6) is 0 Å². The molecular formula is C18H20N2O2. The third-order valence-electron chi connectivity index (χ3n) is 4.33. The van der Waals surface area contributed by atoms with E-state index in [1.165, 1.54) is 5.56 Å². The van der Waals surface area contributed by atoms with E-state index in [0.29, 0.717) is 13.1 Å². The molecule has 4 heteroatoms. The fourth-order valence-corrected chi connectivity index (χ4v) is 3.14. The Balaban J connectivity index is 1.77. The Labute approximate surface area is 130 Å². The number of rotatable bonds is 4. The Morgan fingerprint density at radius 3 is 2.64 bits per heavy atom. The van der Waals surface area contributed by atoms with Crippen LogP contribution in [0.25, 0.3) is 0 Å². The van der Waals surface area contributed by atoms with Crippen molar-refractivity contribution in [1.29, 1.82) is 0 Å². The maximum atomic E-state index is 11.6. The summed E-state index contributed by atoms with van der Waals surface area (Å²) in [5.74, 6) is -1.03. The van der Waals surface area contributed by atoms with Gasteiger partial charge < -0.3 is 5.11 Å². The highest BCUT2D eigenvalue weighted by atomic mass is 16.4. The van der Waals surface area contributed by atoms with Gasteiger partial charge >= 0.3 is 5.97 Å². The van der Waals surface area contributed by atoms with E-state index in [4.69, 9.17) is 0 Å². The molecule has 114 valence electrons. The second-order valence-electron chi connectivity index (χ2n) is 5.98. The summed E-state index contributed by atoms with van der Waals surface area (Å²) in [5.41, 5.74) is 3.29. The van der Waals surface area contributed by atoms with E-state index in [0.717, 1.165) is 17.8 Å². The van der Waals surface area contributed by atoms with Crippen LogP contribution in [0.15, 0.2) is 48.7 Å². The van der Waals surface area contributed by atoms with Crippen molar-refractivity contribution in [3.8, 4) is 0 Å². The molecule has 4 nitrogen and oxygen atoms in total. The van der Waals surface area contributed by atoms with Crippen LogP contribution in [0.4, 0.5) is 0 Å². The van der Waals surface area contributed by atoms with Crippen molar-refractivity contribution in [3.05, 3.63) is 65.5 Å². The second-order valence-corrected chi connectivity index (χ2v) is 5.98. The standard InChI is InChI=1S/C18H20N2O2/c1-13-5-7-14(8-6-13)16-11-20(12-17(16)18(21)22)10-15-4-2-3-9-19-15/h2-9,16-17H,10-12H2,1H3,(H,21,22)/t16-,17+/m0/s1. The lowest BCUT2D eigenvalue weighted by Gasteiger charge is -2.16. The molecule has 0 spiro atoms. The molecule has 1 aliphatic rings. The first kappa shape index (κ1) is 14.7. The third-order valence-corrected chi connectivity index (χ3v) is 4.33. The predicted molar refractivity (Wildman–Crippen MR) is 84.6 cm³/mol. The van der Waals surface area contributed by atoms with Crippen LogP contribution in [-0.4, -0.2) is 34.0 Å². The van der Waals surface area contributed by atoms with E-state index < -0.39 is 5.97 Å². The van der Waals surface area contributed by atoms with Crippen LogP contribution in [-0.2, 0) is 11.3 Å². The SMILES string of the molecule is Cc1ccc([C@@H]2CN(Cc3ccccn3)C[C@H]2C(=O)O)cc1. The lowest BCUT2D eigenvalue weighted by Crippen LogP contribution is -2.23. The summed E-state index contributed by atoms with van der Waals surface area (Å²) in [6.07, 6.45) is 1.78. The first-order valence-electron chi connectivity index (χ1n) is 7.55. The number of carboxylic acids is 1. The number of nitrogens with zero attached hydrogens (tertiary/aromatic N) is 2. The molecule has 1 N–H and O–H groups in total. The largest absolute Gasteiger partial charge is 0.481 e. The summed E-state index contributed by atoms with van der Waals surface area (Å²) in [6.45, 7) is 4.08. The molecule has 22 heavy (non-hydrogen) atoms. The minimum absolute atomic E-state index is 0.0433. The van der Waals surface area contributed by atoms with Crippen LogP contribution in [0, 0.1) is 12.8 Å². The fourth-order valence-electron chi connectivity index (χ4n) is 3.14. The first-order chi connectivity index (χ1) is 10.6. The van der Waals surface area contributed by atoms with E-state index in [1.807, 2.05) is 25.1 Å². The molecule has 2 atom stereocenters. The Hall–Kier alpha value is -2.20. The molecule has 0 radical (unpaired) electrons. The molecule has 0 bridgehead atoms. The molecule has 1 aromatic heterocycles. The molecule has 0 aliphatic carbocycles. The van der Waals surface area contributed by atoms with Gasteiger partial charge in [0.05, 0.1) is 11.6 Å². The Kier molecular flexibility index (Phi) is 4.20. The van der Waals surface area contributed by atoms with E-state index in [9.17, 15) is 9.90 Å². The number of aliphatic carboxylic acids is 1. The van der Waals surface area contributed by atoms with Crippen LogP contribution in [0.1, 0.15) is 22.7 Å². The first-order valence-corrected chi connectivity index (χ1v) is 7.55. The van der Waals surface area contributed by atoms with Crippen molar-refractivity contribution >= 4 is 5.97 Å². The van der Waals surface area contributed by atoms with E-state index >= 15 is 0 Å². The zero-order valence-corrected chi connectivity index (χ0v) is 12.6. The van der Waals surface area contributed by atoms with Crippen LogP contribution >= 0.6 is 0 Å². The lowest BCUT2D eigenvalue weighted by molar-refractivity contribution is -0.141. The predicted octanol–water partition coefficient (Wildman–Crippen LogP) is 2.69. The smallest absolute Gasteiger partial charge is 0.308 e. The Morgan fingerprint density at radius 1 is 1.23 bits per heavy atom. The molecule has 3 rings (SSSR count). The average Bonchev–Trinajstić information content (AvgIpc) is 2.93. The zero-order chi connectivity index (χ0) is 15.5. The quantitative estimate of drug-likeness (QED) is 0.942. The van der Waals surface area contributed by atoms with Gasteiger partial charge in [0.2, 0.25) is 0 Å². The number of pyridine rings is 1. The van der Waals surface area contributed by atoms with Crippen molar-refractivity contribution in [2.75, 3.05) is 13.1 Å². The highest BCUT2D eigenvalue weighted by molar-refractivity contribution is 5.72. The van der Waals surface area contributed by atoms with Gasteiger partial charge in [-0.2, -0.15) is 0 Å². The summed E-state index contributed by atoms with van der Waals surface area (Å²) < 4.78 is 0. The summed E-state index contributed by atoms with van der Waals surface area (Å²) in [6, 6.07) is 14.0. The number of carbonyl (C=O) groups is 1. The number of benzene rings is 1. The van der Waals surface area contributed by atoms with Crippen LogP contribution < -0.4 is 0 Å². The van der Waals surface area contributed by atoms with Crippen molar-refractivity contribution in [2.24, 2.45) is 5.92 Å². The minimum atomic E-state index is -0.714. The number of likely N-dealkylation sites (tertiary alicyclic amines) is 1. The number of aryl methyl sites for hydroxylation is 1. The van der Waals surface area contributed by atoms with Crippen LogP contribution in [0.2, 0.25) is 0 Å². The number of aromatic nitrogens is 1. The maximum Gasteiger partial charge on any atom is 0.308 e. The zero-order valence-electron chi connectivity index (χ0n) is 12.6. The van der Waals surface area contributed by atoms with Gasteiger partial charge in [-0.15, -0.1) is 0 Å². The molecule has 0 amide bonds. The average molecular weight is 296 g/mol. The molecule has 2 aromatic rings. The lowest BCUT2D eigenvalue weighted by atomic mass is 9.89. The molecule has 0 saturated carbocycles. The second kappa shape index (κ2) is 6.28. The van der Waals surface area contributed by atoms with Crippen molar-refractivity contribution in [1.82, 2.24) is 9.88 Å². The molecule has 1 aromatic carbocycles. The number of hydrogen-bond donors (Lipinski definition) is 1. The van der Waals surface area contributed by atoms with Gasteiger partial charge in [-0.1, -0.05) is 35.9 Å². The van der Waals surface area contributed by atoms with Gasteiger partial charge in [0.25, 0.3) is 0 Å². The highest BCUT2D eigenvalue weighted by Crippen LogP contribution is 2.33. The Morgan fingerprint density at radius 2 is 2.00 bits per heavy atom. The van der Waals surface area contributed by atoms with Crippen LogP contribution in [0.3, 0.4) is 0 Å². The van der Waals surface area contributed by atoms with E-state index in [2.05, 4.69) is 34.1 Å². The monoisotopic (exact) mass is 296 g/mol. The van der Waals surface area contributed by atoms with E-state index in [1.54, 1.807) is 6.20 Å². The molecule has 1 saturated heterocycles. The topological polar surface area (TPSA) is 53.4 Å². The molecule has 2 heterocycles. The van der Waals surface area contributed by atoms with Gasteiger partial charge in [-0.05, 0) is 24.6 Å². The van der Waals surface area contributed by atoms with Gasteiger partial charge in [0, 0.05) is 31.7 Å². The van der Waals surface area contributed by atoms with Gasteiger partial charge in [-0.25, -0.2) is 0 Å².